The largest absolute Gasteiger partial charge is 0.387 e. The van der Waals surface area contributed by atoms with Gasteiger partial charge in [-0.2, -0.15) is 16.6 Å². The second kappa shape index (κ2) is 4.57. The van der Waals surface area contributed by atoms with E-state index in [1.807, 2.05) is 16.8 Å². The fourth-order valence-electron chi connectivity index (χ4n) is 2.47. The molecule has 1 aromatic heterocycles. The zero-order valence-corrected chi connectivity index (χ0v) is 10.3. The third-order valence-corrected chi connectivity index (χ3v) is 4.47. The van der Waals surface area contributed by atoms with Gasteiger partial charge in [-0.3, -0.25) is 0 Å². The van der Waals surface area contributed by atoms with Crippen LogP contribution in [0.25, 0.3) is 0 Å². The number of hydrogen-bond acceptors (Lipinski definition) is 3. The number of aliphatic hydroxyl groups excluding tert-OH is 1. The lowest BCUT2D eigenvalue weighted by Gasteiger charge is -2.37. The molecule has 0 saturated heterocycles. The Hall–Kier alpha value is -0.850. The lowest BCUT2D eigenvalue weighted by Crippen LogP contribution is -2.31. The summed E-state index contributed by atoms with van der Waals surface area (Å²) < 4.78 is 0. The highest BCUT2D eigenvalue weighted by Crippen LogP contribution is 2.47. The molecule has 2 rings (SSSR count). The van der Waals surface area contributed by atoms with Crippen molar-refractivity contribution in [2.24, 2.45) is 11.3 Å². The van der Waals surface area contributed by atoms with Crippen LogP contribution >= 0.6 is 11.3 Å². The molecule has 0 amide bonds. The highest BCUT2D eigenvalue weighted by molar-refractivity contribution is 7.07. The molecule has 86 valence electrons. The van der Waals surface area contributed by atoms with Crippen molar-refractivity contribution in [2.75, 3.05) is 0 Å². The number of hydrogen-bond donors (Lipinski definition) is 1. The monoisotopic (exact) mass is 235 g/mol. The summed E-state index contributed by atoms with van der Waals surface area (Å²) in [5.74, 6) is 0.691. The quantitative estimate of drug-likeness (QED) is 0.852. The van der Waals surface area contributed by atoms with Gasteiger partial charge in [0.05, 0.1) is 17.6 Å². The molecule has 16 heavy (non-hydrogen) atoms. The molecule has 0 radical (unpaired) electrons. The van der Waals surface area contributed by atoms with E-state index < -0.39 is 11.5 Å². The third-order valence-electron chi connectivity index (χ3n) is 3.77. The van der Waals surface area contributed by atoms with Crippen molar-refractivity contribution in [3.05, 3.63) is 22.4 Å². The highest BCUT2D eigenvalue weighted by atomic mass is 32.1. The molecule has 1 atom stereocenters. The topological polar surface area (TPSA) is 44.0 Å². The van der Waals surface area contributed by atoms with Crippen LogP contribution in [0.1, 0.15) is 44.3 Å². The first-order valence-electron chi connectivity index (χ1n) is 5.79. The molecular formula is C13H17NOS. The Labute approximate surface area is 101 Å². The summed E-state index contributed by atoms with van der Waals surface area (Å²) in [6.07, 6.45) is 3.13. The van der Waals surface area contributed by atoms with E-state index in [4.69, 9.17) is 0 Å². The Kier molecular flexibility index (Phi) is 3.32. The van der Waals surface area contributed by atoms with E-state index in [0.29, 0.717) is 5.92 Å². The van der Waals surface area contributed by atoms with Crippen molar-refractivity contribution in [1.82, 2.24) is 0 Å². The molecule has 1 fully saturated rings. The van der Waals surface area contributed by atoms with E-state index >= 15 is 0 Å². The van der Waals surface area contributed by atoms with Crippen LogP contribution in [-0.2, 0) is 0 Å². The zero-order chi connectivity index (χ0) is 11.6. The third kappa shape index (κ3) is 2.00. The van der Waals surface area contributed by atoms with Gasteiger partial charge in [0.25, 0.3) is 0 Å². The standard InChI is InChI=1S/C13H17NOS/c1-10-2-5-13(9-14,6-3-10)12(15)11-4-7-16-8-11/h4,7-8,10,12,15H,2-3,5-6H2,1H3. The number of thiophene rings is 1. The van der Waals surface area contributed by atoms with Crippen molar-refractivity contribution in [1.29, 1.82) is 5.26 Å². The van der Waals surface area contributed by atoms with Gasteiger partial charge in [0.1, 0.15) is 0 Å². The van der Waals surface area contributed by atoms with Crippen LogP contribution in [0.15, 0.2) is 16.8 Å². The van der Waals surface area contributed by atoms with Crippen LogP contribution < -0.4 is 0 Å². The molecule has 1 aliphatic carbocycles. The predicted molar refractivity (Wildman–Crippen MR) is 65.0 cm³/mol. The number of aliphatic hydroxyl groups is 1. The van der Waals surface area contributed by atoms with Crippen molar-refractivity contribution in [3.8, 4) is 6.07 Å². The maximum atomic E-state index is 10.4. The van der Waals surface area contributed by atoms with E-state index in [2.05, 4.69) is 13.0 Å². The van der Waals surface area contributed by atoms with Crippen LogP contribution in [-0.4, -0.2) is 5.11 Å². The number of nitriles is 1. The van der Waals surface area contributed by atoms with Crippen molar-refractivity contribution >= 4 is 11.3 Å². The van der Waals surface area contributed by atoms with Crippen molar-refractivity contribution < 1.29 is 5.11 Å². The van der Waals surface area contributed by atoms with E-state index in [1.54, 1.807) is 11.3 Å². The first-order valence-corrected chi connectivity index (χ1v) is 6.74. The lowest BCUT2D eigenvalue weighted by molar-refractivity contribution is 0.0269. The molecule has 0 spiro atoms. The minimum absolute atomic E-state index is 0.548. The van der Waals surface area contributed by atoms with Crippen LogP contribution in [0, 0.1) is 22.7 Å². The van der Waals surface area contributed by atoms with E-state index in [0.717, 1.165) is 31.2 Å². The summed E-state index contributed by atoms with van der Waals surface area (Å²) >= 11 is 1.57. The summed E-state index contributed by atoms with van der Waals surface area (Å²) in [5, 5.41) is 23.6. The first-order chi connectivity index (χ1) is 7.68. The second-order valence-electron chi connectivity index (χ2n) is 4.91. The molecule has 3 heteroatoms. The number of rotatable bonds is 2. The van der Waals surface area contributed by atoms with Crippen LogP contribution in [0.3, 0.4) is 0 Å². The summed E-state index contributed by atoms with van der Waals surface area (Å²) in [6.45, 7) is 2.22. The maximum Gasteiger partial charge on any atom is 0.0984 e. The van der Waals surface area contributed by atoms with E-state index in [-0.39, 0.29) is 0 Å². The van der Waals surface area contributed by atoms with Gasteiger partial charge in [-0.25, -0.2) is 0 Å². The van der Waals surface area contributed by atoms with Gasteiger partial charge in [0.2, 0.25) is 0 Å². The molecule has 1 N–H and O–H groups in total. The van der Waals surface area contributed by atoms with Crippen molar-refractivity contribution in [2.45, 2.75) is 38.7 Å². The maximum absolute atomic E-state index is 10.4. The van der Waals surface area contributed by atoms with Gasteiger partial charge in [-0.15, -0.1) is 0 Å². The fourth-order valence-corrected chi connectivity index (χ4v) is 3.15. The average molecular weight is 235 g/mol. The molecule has 0 aliphatic heterocycles. The minimum atomic E-state index is -0.615. The van der Waals surface area contributed by atoms with Crippen LogP contribution in [0.4, 0.5) is 0 Å². The lowest BCUT2D eigenvalue weighted by atomic mass is 9.67. The SMILES string of the molecule is CC1CCC(C#N)(C(O)c2ccsc2)CC1. The highest BCUT2D eigenvalue weighted by Gasteiger charge is 2.41. The molecule has 0 aromatic carbocycles. The Morgan fingerprint density at radius 2 is 2.25 bits per heavy atom. The van der Waals surface area contributed by atoms with Gasteiger partial charge < -0.3 is 5.11 Å². The van der Waals surface area contributed by atoms with Gasteiger partial charge in [0.15, 0.2) is 0 Å². The average Bonchev–Trinajstić information content (AvgIpc) is 2.83. The molecule has 0 bridgehead atoms. The minimum Gasteiger partial charge on any atom is -0.387 e. The zero-order valence-electron chi connectivity index (χ0n) is 9.52. The Morgan fingerprint density at radius 1 is 1.56 bits per heavy atom. The van der Waals surface area contributed by atoms with Gasteiger partial charge in [0, 0.05) is 0 Å². The molecule has 1 aliphatic rings. The summed E-state index contributed by atoms with van der Waals surface area (Å²) in [7, 11) is 0. The Balaban J connectivity index is 2.19. The van der Waals surface area contributed by atoms with E-state index in [1.165, 1.54) is 0 Å². The molecule has 1 aromatic rings. The van der Waals surface area contributed by atoms with Crippen molar-refractivity contribution in [3.63, 3.8) is 0 Å². The van der Waals surface area contributed by atoms with Crippen LogP contribution in [0.2, 0.25) is 0 Å². The van der Waals surface area contributed by atoms with Gasteiger partial charge >= 0.3 is 0 Å². The summed E-state index contributed by atoms with van der Waals surface area (Å²) in [6, 6.07) is 4.30. The number of nitrogens with zero attached hydrogens (tertiary/aromatic N) is 1. The van der Waals surface area contributed by atoms with Crippen LogP contribution in [0.5, 0.6) is 0 Å². The molecule has 1 saturated carbocycles. The fraction of sp³-hybridized carbons (Fsp3) is 0.615. The predicted octanol–water partition coefficient (Wildman–Crippen LogP) is 3.50. The Bertz CT molecular complexity index is 371. The normalized spacial score (nSPS) is 31.9. The molecular weight excluding hydrogens is 218 g/mol. The van der Waals surface area contributed by atoms with Gasteiger partial charge in [-0.05, 0) is 54.0 Å². The van der Waals surface area contributed by atoms with E-state index in [9.17, 15) is 10.4 Å². The second-order valence-corrected chi connectivity index (χ2v) is 5.69. The summed E-state index contributed by atoms with van der Waals surface area (Å²) in [4.78, 5) is 0. The first kappa shape index (κ1) is 11.6. The molecule has 1 unspecified atom stereocenters. The Morgan fingerprint density at radius 3 is 2.75 bits per heavy atom. The van der Waals surface area contributed by atoms with Gasteiger partial charge in [-0.1, -0.05) is 6.92 Å². The summed E-state index contributed by atoms with van der Waals surface area (Å²) in [5.41, 5.74) is 0.356. The smallest absolute Gasteiger partial charge is 0.0984 e. The molecule has 1 heterocycles. The molecule has 2 nitrogen and oxygen atoms in total.